The van der Waals surface area contributed by atoms with Gasteiger partial charge < -0.3 is 14.8 Å². The quantitative estimate of drug-likeness (QED) is 0.192. The minimum Gasteiger partial charge on any atom is -0.469 e. The number of allylic oxidation sites excluding steroid dienone is 1. The van der Waals surface area contributed by atoms with Crippen molar-refractivity contribution >= 4 is 29.0 Å². The largest absolute Gasteiger partial charge is 0.469 e. The van der Waals surface area contributed by atoms with E-state index in [1.807, 2.05) is 31.2 Å². The van der Waals surface area contributed by atoms with E-state index in [1.165, 1.54) is 30.6 Å². The van der Waals surface area contributed by atoms with Gasteiger partial charge in [0.1, 0.15) is 11.5 Å². The van der Waals surface area contributed by atoms with Crippen molar-refractivity contribution in [3.8, 4) is 16.9 Å². The number of benzene rings is 2. The number of amides is 1. The van der Waals surface area contributed by atoms with E-state index < -0.39 is 17.7 Å². The summed E-state index contributed by atoms with van der Waals surface area (Å²) in [5, 5.41) is 2.71. The van der Waals surface area contributed by atoms with Gasteiger partial charge in [-0.25, -0.2) is 0 Å². The lowest BCUT2D eigenvalue weighted by Crippen LogP contribution is -2.25. The molecule has 1 aromatic heterocycles. The van der Waals surface area contributed by atoms with Gasteiger partial charge >= 0.3 is 12.1 Å². The van der Waals surface area contributed by atoms with Crippen LogP contribution < -0.4 is 10.1 Å². The third-order valence-corrected chi connectivity index (χ3v) is 7.04. The van der Waals surface area contributed by atoms with Crippen LogP contribution in [0.3, 0.4) is 0 Å². The number of rotatable bonds is 11. The first-order valence-corrected chi connectivity index (χ1v) is 13.4. The summed E-state index contributed by atoms with van der Waals surface area (Å²) in [6.07, 6.45) is -0.538. The number of carbonyl (C=O) groups is 2. The van der Waals surface area contributed by atoms with Gasteiger partial charge in [-0.2, -0.15) is 13.2 Å². The average molecular weight is 560 g/mol. The summed E-state index contributed by atoms with van der Waals surface area (Å²) in [6.45, 7) is 6.33. The lowest BCUT2D eigenvalue weighted by Gasteiger charge is -2.13. The van der Waals surface area contributed by atoms with E-state index in [2.05, 4.69) is 23.9 Å². The number of alkyl halides is 3. The van der Waals surface area contributed by atoms with E-state index in [9.17, 15) is 22.8 Å². The number of halogens is 3. The van der Waals surface area contributed by atoms with Gasteiger partial charge in [-0.15, -0.1) is 11.3 Å². The van der Waals surface area contributed by atoms with E-state index in [-0.39, 0.29) is 18.9 Å². The molecule has 0 bridgehead atoms. The Bertz CT molecular complexity index is 1310. The molecule has 0 atom stereocenters. The summed E-state index contributed by atoms with van der Waals surface area (Å²) < 4.78 is 49.7. The van der Waals surface area contributed by atoms with Crippen molar-refractivity contribution in [1.82, 2.24) is 5.32 Å². The minimum absolute atomic E-state index is 0.0890. The van der Waals surface area contributed by atoms with E-state index in [0.717, 1.165) is 41.0 Å². The highest BCUT2D eigenvalue weighted by atomic mass is 32.1. The molecule has 0 radical (unpaired) electrons. The predicted molar refractivity (Wildman–Crippen MR) is 148 cm³/mol. The van der Waals surface area contributed by atoms with Gasteiger partial charge in [0, 0.05) is 6.54 Å². The molecule has 0 saturated carbocycles. The number of thiophene rings is 1. The van der Waals surface area contributed by atoms with Gasteiger partial charge in [-0.1, -0.05) is 32.0 Å². The minimum atomic E-state index is -4.38. The normalized spacial score (nSPS) is 11.9. The van der Waals surface area contributed by atoms with Gasteiger partial charge in [0.2, 0.25) is 0 Å². The third kappa shape index (κ3) is 8.71. The van der Waals surface area contributed by atoms with Crippen molar-refractivity contribution in [3.05, 3.63) is 81.6 Å². The molecule has 0 saturated heterocycles. The number of carbonyl (C=O) groups excluding carboxylic acids is 2. The maximum Gasteiger partial charge on any atom is 0.416 e. The molecule has 0 fully saturated rings. The second-order valence-corrected chi connectivity index (χ2v) is 10.5. The fourth-order valence-electron chi connectivity index (χ4n) is 3.79. The number of esters is 1. The van der Waals surface area contributed by atoms with Gasteiger partial charge in [0.25, 0.3) is 5.91 Å². The van der Waals surface area contributed by atoms with Gasteiger partial charge in [0.05, 0.1) is 28.8 Å². The Morgan fingerprint density at radius 2 is 1.72 bits per heavy atom. The van der Waals surface area contributed by atoms with Crippen LogP contribution in [-0.4, -0.2) is 25.5 Å². The van der Waals surface area contributed by atoms with Gasteiger partial charge in [-0.05, 0) is 84.8 Å². The standard InChI is InChI=1S/C30H32F3NO4S/c1-19(2)6-5-7-25(26-14-15-27(39-26)29(36)34-17-16-28(35)37-4)38-23-12-13-24(20(3)18-23)21-8-10-22(11-9-21)30(31,32)33/h7-15,18-19H,5-6,16-17H2,1-4H3,(H,34,36)/b25-7-. The van der Waals surface area contributed by atoms with Crippen LogP contribution in [0, 0.1) is 12.8 Å². The molecule has 39 heavy (non-hydrogen) atoms. The summed E-state index contributed by atoms with van der Waals surface area (Å²) in [7, 11) is 1.30. The molecule has 0 aliphatic heterocycles. The number of hydrogen-bond donors (Lipinski definition) is 1. The Balaban J connectivity index is 1.78. The number of aryl methyl sites for hydroxylation is 1. The van der Waals surface area contributed by atoms with E-state index in [1.54, 1.807) is 12.1 Å². The third-order valence-electron chi connectivity index (χ3n) is 5.94. The maximum absolute atomic E-state index is 12.9. The molecule has 1 heterocycles. The number of hydrogen-bond acceptors (Lipinski definition) is 5. The number of methoxy groups -OCH3 is 1. The molecule has 0 unspecified atom stereocenters. The summed E-state index contributed by atoms with van der Waals surface area (Å²) in [5.74, 6) is 1.03. The Morgan fingerprint density at radius 3 is 2.33 bits per heavy atom. The van der Waals surface area contributed by atoms with E-state index in [0.29, 0.717) is 27.9 Å². The van der Waals surface area contributed by atoms with Crippen LogP contribution in [0.15, 0.2) is 60.7 Å². The molecule has 3 aromatic rings. The SMILES string of the molecule is COC(=O)CCNC(=O)c1ccc(/C(=C/CCC(C)C)Oc2ccc(-c3ccc(C(F)(F)F)cc3)c(C)c2)s1. The molecule has 0 aliphatic carbocycles. The molecule has 1 amide bonds. The number of ether oxygens (including phenoxy) is 2. The average Bonchev–Trinajstić information content (AvgIpc) is 3.38. The molecule has 0 spiro atoms. The zero-order chi connectivity index (χ0) is 28.6. The second-order valence-electron chi connectivity index (χ2n) is 9.44. The Labute approximate surface area is 230 Å². The molecule has 0 aliphatic rings. The maximum atomic E-state index is 12.9. The fourth-order valence-corrected chi connectivity index (χ4v) is 4.69. The zero-order valence-electron chi connectivity index (χ0n) is 22.4. The van der Waals surface area contributed by atoms with Crippen LogP contribution >= 0.6 is 11.3 Å². The molecule has 5 nitrogen and oxygen atoms in total. The number of nitrogens with one attached hydrogen (secondary N) is 1. The Kier molecular flexibility index (Phi) is 10.3. The smallest absolute Gasteiger partial charge is 0.416 e. The molecule has 1 N–H and O–H groups in total. The van der Waals surface area contributed by atoms with Crippen molar-refractivity contribution < 1.29 is 32.2 Å². The first-order chi connectivity index (χ1) is 18.5. The predicted octanol–water partition coefficient (Wildman–Crippen LogP) is 7.89. The second kappa shape index (κ2) is 13.5. The zero-order valence-corrected chi connectivity index (χ0v) is 23.2. The molecular weight excluding hydrogens is 527 g/mol. The van der Waals surface area contributed by atoms with Crippen molar-refractivity contribution in [2.24, 2.45) is 5.92 Å². The topological polar surface area (TPSA) is 64.6 Å². The van der Waals surface area contributed by atoms with Crippen LogP contribution in [0.4, 0.5) is 13.2 Å². The molecule has 2 aromatic carbocycles. The summed E-state index contributed by atoms with van der Waals surface area (Å²) in [5.41, 5.74) is 1.66. The van der Waals surface area contributed by atoms with Crippen LogP contribution in [0.25, 0.3) is 16.9 Å². The summed E-state index contributed by atoms with van der Waals surface area (Å²) in [6, 6.07) is 14.1. The van der Waals surface area contributed by atoms with Crippen LogP contribution in [0.5, 0.6) is 5.75 Å². The van der Waals surface area contributed by atoms with Gasteiger partial charge in [0.15, 0.2) is 0 Å². The highest BCUT2D eigenvalue weighted by Crippen LogP contribution is 2.34. The first kappa shape index (κ1) is 30.0. The molecule has 9 heteroatoms. The van der Waals surface area contributed by atoms with Crippen molar-refractivity contribution in [1.29, 1.82) is 0 Å². The summed E-state index contributed by atoms with van der Waals surface area (Å²) >= 11 is 1.29. The molecular formula is C30H32F3NO4S. The Morgan fingerprint density at radius 1 is 1.03 bits per heavy atom. The van der Waals surface area contributed by atoms with E-state index in [4.69, 9.17) is 4.74 Å². The highest BCUT2D eigenvalue weighted by Gasteiger charge is 2.30. The van der Waals surface area contributed by atoms with Crippen molar-refractivity contribution in [2.45, 2.75) is 46.2 Å². The Hall–Kier alpha value is -3.59. The molecule has 208 valence electrons. The molecule has 3 rings (SSSR count). The van der Waals surface area contributed by atoms with Crippen molar-refractivity contribution in [3.63, 3.8) is 0 Å². The summed E-state index contributed by atoms with van der Waals surface area (Å²) in [4.78, 5) is 25.1. The fraction of sp³-hybridized carbons (Fsp3) is 0.333. The van der Waals surface area contributed by atoms with Crippen LogP contribution in [0.1, 0.15) is 58.8 Å². The highest BCUT2D eigenvalue weighted by molar-refractivity contribution is 7.15. The van der Waals surface area contributed by atoms with E-state index >= 15 is 0 Å². The van der Waals surface area contributed by atoms with Crippen LogP contribution in [-0.2, 0) is 15.7 Å². The monoisotopic (exact) mass is 559 g/mol. The van der Waals surface area contributed by atoms with Crippen LogP contribution in [0.2, 0.25) is 0 Å². The first-order valence-electron chi connectivity index (χ1n) is 12.6. The van der Waals surface area contributed by atoms with Gasteiger partial charge in [-0.3, -0.25) is 9.59 Å². The lowest BCUT2D eigenvalue weighted by molar-refractivity contribution is -0.140. The van der Waals surface area contributed by atoms with Crippen molar-refractivity contribution in [2.75, 3.05) is 13.7 Å². The lowest BCUT2D eigenvalue weighted by atomic mass is 9.99.